The summed E-state index contributed by atoms with van der Waals surface area (Å²) in [6, 6.07) is 7.38. The number of hydrogen-bond donors (Lipinski definition) is 1. The third-order valence-corrected chi connectivity index (χ3v) is 4.91. The van der Waals surface area contributed by atoms with Gasteiger partial charge in [-0.25, -0.2) is 5.10 Å². The van der Waals surface area contributed by atoms with Gasteiger partial charge in [-0.1, -0.05) is 65.0 Å². The van der Waals surface area contributed by atoms with Crippen LogP contribution in [0.4, 0.5) is 0 Å². The van der Waals surface area contributed by atoms with Crippen LogP contribution < -0.4 is 5.56 Å². The third-order valence-electron chi connectivity index (χ3n) is 4.91. The molecule has 6 heteroatoms. The number of benzene rings is 1. The molecule has 0 saturated carbocycles. The number of hydrogen-bond acceptors (Lipinski definition) is 4. The van der Waals surface area contributed by atoms with Crippen molar-refractivity contribution in [3.8, 4) is 0 Å². The van der Waals surface area contributed by atoms with E-state index in [9.17, 15) is 14.4 Å². The van der Waals surface area contributed by atoms with E-state index in [0.29, 0.717) is 36.8 Å². The van der Waals surface area contributed by atoms with Gasteiger partial charge in [-0.05, 0) is 49.3 Å². The summed E-state index contributed by atoms with van der Waals surface area (Å²) in [6.45, 7) is 15.2. The number of carbonyl (C=O) groups excluding carboxylic acids is 2. The number of H-pyrrole nitrogens is 1. The lowest BCUT2D eigenvalue weighted by Gasteiger charge is -2.24. The van der Waals surface area contributed by atoms with Crippen molar-refractivity contribution in [2.45, 2.75) is 73.6 Å². The highest BCUT2D eigenvalue weighted by Crippen LogP contribution is 2.26. The minimum absolute atomic E-state index is 0.187. The van der Waals surface area contributed by atoms with Crippen molar-refractivity contribution in [3.05, 3.63) is 76.4 Å². The molecule has 0 unspecified atom stereocenters. The first kappa shape index (κ1) is 28.8. The van der Waals surface area contributed by atoms with E-state index in [1.165, 1.54) is 4.90 Å². The lowest BCUT2D eigenvalue weighted by Crippen LogP contribution is -2.32. The Morgan fingerprint density at radius 3 is 2.41 bits per heavy atom. The van der Waals surface area contributed by atoms with Crippen molar-refractivity contribution in [3.63, 3.8) is 0 Å². The quantitative estimate of drug-likeness (QED) is 0.427. The number of carbonyl (C=O) groups is 2. The minimum Gasteiger partial charge on any atom is -0.278 e. The predicted molar refractivity (Wildman–Crippen MR) is 140 cm³/mol. The third kappa shape index (κ3) is 8.58. The summed E-state index contributed by atoms with van der Waals surface area (Å²) in [6.07, 6.45) is 9.61. The first-order chi connectivity index (χ1) is 16.2. The lowest BCUT2D eigenvalue weighted by molar-refractivity contribution is -0.137. The molecular formula is C28H39N3O3. The van der Waals surface area contributed by atoms with Crippen LogP contribution in [0.3, 0.4) is 0 Å². The first-order valence-corrected chi connectivity index (χ1v) is 11.9. The zero-order chi connectivity index (χ0) is 25.7. The smallest absolute Gasteiger partial charge is 0.272 e. The van der Waals surface area contributed by atoms with Gasteiger partial charge in [0, 0.05) is 23.9 Å². The maximum atomic E-state index is 12.7. The Labute approximate surface area is 203 Å². The number of fused-ring (bicyclic) bond motifs is 1. The lowest BCUT2D eigenvalue weighted by atomic mass is 9.91. The summed E-state index contributed by atoms with van der Waals surface area (Å²) in [5, 5.41) is 8.23. The summed E-state index contributed by atoms with van der Waals surface area (Å²) in [4.78, 5) is 37.6. The number of aromatic nitrogens is 2. The molecule has 2 amide bonds. The minimum atomic E-state index is -0.213. The zero-order valence-electron chi connectivity index (χ0n) is 21.5. The molecule has 3 rings (SSSR count). The highest BCUT2D eigenvalue weighted by atomic mass is 16.2. The van der Waals surface area contributed by atoms with Crippen LogP contribution in [0.15, 0.2) is 65.1 Å². The van der Waals surface area contributed by atoms with Crippen molar-refractivity contribution in [1.82, 2.24) is 15.1 Å². The summed E-state index contributed by atoms with van der Waals surface area (Å²) in [7, 11) is 0. The van der Waals surface area contributed by atoms with Crippen molar-refractivity contribution in [2.75, 3.05) is 0 Å². The average molecular weight is 466 g/mol. The van der Waals surface area contributed by atoms with Gasteiger partial charge in [-0.3, -0.25) is 19.3 Å². The van der Waals surface area contributed by atoms with Gasteiger partial charge in [-0.15, -0.1) is 6.58 Å². The van der Waals surface area contributed by atoms with Crippen LogP contribution >= 0.6 is 0 Å². The molecule has 1 aliphatic rings. The van der Waals surface area contributed by atoms with E-state index in [-0.39, 0.29) is 16.9 Å². The Bertz CT molecular complexity index is 1090. The number of amides is 2. The largest absolute Gasteiger partial charge is 0.278 e. The van der Waals surface area contributed by atoms with Crippen LogP contribution in [0, 0.1) is 5.41 Å². The van der Waals surface area contributed by atoms with E-state index in [0.717, 1.165) is 29.5 Å². The number of rotatable bonds is 5. The fraction of sp³-hybridized carbons (Fsp3) is 0.429. The van der Waals surface area contributed by atoms with E-state index in [4.69, 9.17) is 0 Å². The topological polar surface area (TPSA) is 83.1 Å². The molecule has 0 saturated heterocycles. The van der Waals surface area contributed by atoms with Crippen LogP contribution in [0.2, 0.25) is 0 Å². The van der Waals surface area contributed by atoms with Crippen LogP contribution in [0.1, 0.15) is 72.9 Å². The van der Waals surface area contributed by atoms with Crippen LogP contribution in [0.5, 0.6) is 0 Å². The fourth-order valence-electron chi connectivity index (χ4n) is 3.55. The van der Waals surface area contributed by atoms with Crippen molar-refractivity contribution in [2.24, 2.45) is 5.41 Å². The molecule has 0 spiro atoms. The molecule has 1 N–H and O–H groups in total. The summed E-state index contributed by atoms with van der Waals surface area (Å²) in [5.74, 6) is -0.187. The number of nitrogens with one attached hydrogen (secondary N) is 1. The normalized spacial score (nSPS) is 13.1. The molecule has 2 aromatic rings. The molecule has 1 heterocycles. The van der Waals surface area contributed by atoms with Crippen LogP contribution in [0.25, 0.3) is 10.8 Å². The molecule has 0 fully saturated rings. The molecule has 184 valence electrons. The van der Waals surface area contributed by atoms with Gasteiger partial charge in [0.2, 0.25) is 12.3 Å². The maximum Gasteiger partial charge on any atom is 0.272 e. The van der Waals surface area contributed by atoms with Gasteiger partial charge >= 0.3 is 0 Å². The van der Waals surface area contributed by atoms with Gasteiger partial charge < -0.3 is 0 Å². The highest BCUT2D eigenvalue weighted by molar-refractivity contribution is 5.89. The van der Waals surface area contributed by atoms with Crippen molar-refractivity contribution in [1.29, 1.82) is 0 Å². The van der Waals surface area contributed by atoms with Gasteiger partial charge in [0.15, 0.2) is 0 Å². The molecule has 0 atom stereocenters. The fourth-order valence-corrected chi connectivity index (χ4v) is 3.55. The maximum absolute atomic E-state index is 12.7. The van der Waals surface area contributed by atoms with E-state index >= 15 is 0 Å². The van der Waals surface area contributed by atoms with E-state index in [2.05, 4.69) is 22.9 Å². The van der Waals surface area contributed by atoms with Gasteiger partial charge in [-0.2, -0.15) is 5.10 Å². The average Bonchev–Trinajstić information content (AvgIpc) is 3.02. The Morgan fingerprint density at radius 1 is 1.21 bits per heavy atom. The molecule has 0 radical (unpaired) electrons. The second-order valence-electron chi connectivity index (χ2n) is 9.04. The molecule has 6 nitrogen and oxygen atoms in total. The second kappa shape index (κ2) is 14.1. The van der Waals surface area contributed by atoms with E-state index in [1.54, 1.807) is 12.1 Å². The van der Waals surface area contributed by atoms with Gasteiger partial charge in [0.1, 0.15) is 0 Å². The van der Waals surface area contributed by atoms with E-state index < -0.39 is 0 Å². The summed E-state index contributed by atoms with van der Waals surface area (Å²) < 4.78 is 0. The monoisotopic (exact) mass is 465 g/mol. The number of nitrogens with zero attached hydrogens (tertiary/aromatic N) is 2. The Hall–Kier alpha value is -3.28. The number of allylic oxidation sites excluding steroid dienone is 5. The molecule has 1 aromatic carbocycles. The highest BCUT2D eigenvalue weighted by Gasteiger charge is 2.24. The second-order valence-corrected chi connectivity index (χ2v) is 9.04. The predicted octanol–water partition coefficient (Wildman–Crippen LogP) is 6.10. The van der Waals surface area contributed by atoms with Crippen molar-refractivity contribution < 1.29 is 9.59 Å². The standard InChI is InChI=1S/C23H27N3O3.C3H6.C2H6/c1-23(2,3)14-21(28)26(15-27)17-9-5-4-8-16(12-17)13-20-18-10-6-7-11-19(18)22(29)25-24-20;1-3-2;1-2/h6-8,10-12,15H,4-5,9,13-14H2,1-3H3,(H,25,29);3H,1H2,2H3;1-2H3. The Morgan fingerprint density at radius 2 is 1.82 bits per heavy atom. The number of aromatic amines is 1. The SMILES string of the molecule is C=CC.CC.CC(C)(C)CC(=O)N(C=O)C1=CC(Cc2n[nH]c(=O)c3ccccc23)=CCCC1. The molecule has 1 aliphatic carbocycles. The summed E-state index contributed by atoms with van der Waals surface area (Å²) in [5.41, 5.74) is 2.06. The molecular weight excluding hydrogens is 426 g/mol. The molecule has 34 heavy (non-hydrogen) atoms. The number of imide groups is 1. The van der Waals surface area contributed by atoms with Gasteiger partial charge in [0.05, 0.1) is 11.1 Å². The Balaban J connectivity index is 0.00000107. The Kier molecular flexibility index (Phi) is 11.9. The first-order valence-electron chi connectivity index (χ1n) is 11.9. The molecule has 0 bridgehead atoms. The van der Waals surface area contributed by atoms with E-state index in [1.807, 2.05) is 65.8 Å². The van der Waals surface area contributed by atoms with Gasteiger partial charge in [0.25, 0.3) is 5.56 Å². The van der Waals surface area contributed by atoms with Crippen LogP contribution in [-0.4, -0.2) is 27.4 Å². The van der Waals surface area contributed by atoms with Crippen molar-refractivity contribution >= 4 is 23.1 Å². The molecule has 0 aliphatic heterocycles. The molecule has 1 aromatic heterocycles. The summed E-state index contributed by atoms with van der Waals surface area (Å²) >= 11 is 0. The van der Waals surface area contributed by atoms with Crippen LogP contribution in [-0.2, 0) is 16.0 Å². The zero-order valence-corrected chi connectivity index (χ0v) is 21.5.